The van der Waals surface area contributed by atoms with Crippen LogP contribution in [0.3, 0.4) is 0 Å². The van der Waals surface area contributed by atoms with E-state index in [1.54, 1.807) is 0 Å². The first-order chi connectivity index (χ1) is 3.66. The van der Waals surface area contributed by atoms with Crippen LogP contribution in [0.25, 0.3) is 0 Å². The summed E-state index contributed by atoms with van der Waals surface area (Å²) in [6.45, 7) is 0. The van der Waals surface area contributed by atoms with E-state index in [9.17, 15) is 4.79 Å². The largest absolute Gasteiger partial charge is 0.481 e. The normalized spacial score (nSPS) is 13.1. The van der Waals surface area contributed by atoms with Gasteiger partial charge in [0.1, 0.15) is 16.3 Å². The standard InChI is InChI=1S/C4H8NO2.Al/c1-3(5)2-4(6)7;/h3H,1-2,5H2,(H,6,7);. The number of nitrogens with two attached hydrogens (primary N) is 1. The second-order valence-corrected chi connectivity index (χ2v) is 2.07. The molecule has 0 aromatic carbocycles. The van der Waals surface area contributed by atoms with Gasteiger partial charge in [0.25, 0.3) is 0 Å². The van der Waals surface area contributed by atoms with E-state index in [-0.39, 0.29) is 12.5 Å². The summed E-state index contributed by atoms with van der Waals surface area (Å²) in [5.41, 5.74) is 5.27. The van der Waals surface area contributed by atoms with Gasteiger partial charge in [0.15, 0.2) is 0 Å². The van der Waals surface area contributed by atoms with Crippen molar-refractivity contribution in [3.8, 4) is 0 Å². The summed E-state index contributed by atoms with van der Waals surface area (Å²) in [6, 6.07) is -0.211. The Kier molecular flexibility index (Phi) is 3.89. The number of hydrogen-bond acceptors (Lipinski definition) is 2. The van der Waals surface area contributed by atoms with Gasteiger partial charge >= 0.3 is 5.97 Å². The fourth-order valence-corrected chi connectivity index (χ4v) is 0.474. The van der Waals surface area contributed by atoms with Crippen LogP contribution in [0, 0.1) is 0 Å². The highest BCUT2D eigenvalue weighted by Gasteiger charge is 2.02. The van der Waals surface area contributed by atoms with Crippen molar-refractivity contribution in [2.75, 3.05) is 0 Å². The summed E-state index contributed by atoms with van der Waals surface area (Å²) in [5.74, 6) is -0.833. The molecule has 0 amide bonds. The van der Waals surface area contributed by atoms with Crippen molar-refractivity contribution >= 4 is 22.3 Å². The maximum Gasteiger partial charge on any atom is 0.304 e. The lowest BCUT2D eigenvalue weighted by atomic mass is 10.2. The molecule has 0 heterocycles. The van der Waals surface area contributed by atoms with Crippen LogP contribution >= 0.6 is 0 Å². The van der Waals surface area contributed by atoms with Gasteiger partial charge < -0.3 is 10.8 Å². The monoisotopic (exact) mass is 129 g/mol. The number of aliphatic carboxylic acids is 1. The van der Waals surface area contributed by atoms with Crippen molar-refractivity contribution in [1.82, 2.24) is 0 Å². The second kappa shape index (κ2) is 3.90. The number of carbonyl (C=O) groups is 1. The van der Waals surface area contributed by atoms with Crippen LogP contribution in [0.5, 0.6) is 0 Å². The third kappa shape index (κ3) is 4.13. The maximum absolute atomic E-state index is 9.88. The smallest absolute Gasteiger partial charge is 0.304 e. The van der Waals surface area contributed by atoms with E-state index in [1.165, 1.54) is 0 Å². The second-order valence-electron chi connectivity index (χ2n) is 1.59. The Morgan fingerprint density at radius 1 is 1.88 bits per heavy atom. The Morgan fingerprint density at radius 3 is 2.50 bits per heavy atom. The lowest BCUT2D eigenvalue weighted by molar-refractivity contribution is -0.137. The van der Waals surface area contributed by atoms with Crippen LogP contribution < -0.4 is 5.73 Å². The molecule has 0 aliphatic heterocycles. The molecule has 3 nitrogen and oxygen atoms in total. The van der Waals surface area contributed by atoms with E-state index in [4.69, 9.17) is 10.8 Å². The van der Waals surface area contributed by atoms with Gasteiger partial charge in [0.05, 0.1) is 6.42 Å². The molecule has 44 valence electrons. The zero-order valence-corrected chi connectivity index (χ0v) is 5.66. The Balaban J connectivity index is 3.24. The lowest BCUT2D eigenvalue weighted by Crippen LogP contribution is -2.22. The molecule has 4 heteroatoms. The zero-order valence-electron chi connectivity index (χ0n) is 4.50. The molecule has 0 fully saturated rings. The fraction of sp³-hybridized carbons (Fsp3) is 0.750. The average Bonchev–Trinajstić information content (AvgIpc) is 1.65. The number of hydrogen-bond donors (Lipinski definition) is 2. The highest BCUT2D eigenvalue weighted by atomic mass is 27.0. The van der Waals surface area contributed by atoms with Crippen molar-refractivity contribution in [2.24, 2.45) is 5.73 Å². The number of carboxylic acid groups (broad SMARTS) is 1. The Morgan fingerprint density at radius 2 is 2.38 bits per heavy atom. The summed E-state index contributed by atoms with van der Waals surface area (Å²) < 4.78 is 0. The van der Waals surface area contributed by atoms with E-state index < -0.39 is 5.97 Å². The zero-order chi connectivity index (χ0) is 6.57. The molecule has 0 bridgehead atoms. The molecule has 0 saturated carbocycles. The van der Waals surface area contributed by atoms with Crippen molar-refractivity contribution in [3.05, 3.63) is 0 Å². The van der Waals surface area contributed by atoms with Crippen LogP contribution in [0.2, 0.25) is 5.28 Å². The predicted octanol–water partition coefficient (Wildman–Crippen LogP) is -0.625. The highest BCUT2D eigenvalue weighted by molar-refractivity contribution is 6.09. The molecule has 0 aliphatic carbocycles. The Bertz CT molecular complexity index is 86.1. The summed E-state index contributed by atoms with van der Waals surface area (Å²) >= 11 is 2.40. The molecule has 2 radical (unpaired) electrons. The molecule has 0 saturated heterocycles. The quantitative estimate of drug-likeness (QED) is 0.499. The predicted molar refractivity (Wildman–Crippen MR) is 30.8 cm³/mol. The van der Waals surface area contributed by atoms with E-state index in [0.717, 1.165) is 0 Å². The minimum absolute atomic E-state index is 0.0590. The van der Waals surface area contributed by atoms with Gasteiger partial charge in [-0.1, -0.05) is 0 Å². The molecule has 0 aliphatic rings. The molecular formula is C4H8AlNO2. The third-order valence-corrected chi connectivity index (χ3v) is 1.35. The van der Waals surface area contributed by atoms with Gasteiger partial charge in [-0.15, -0.1) is 5.28 Å². The summed E-state index contributed by atoms with van der Waals surface area (Å²) in [7, 11) is 0. The van der Waals surface area contributed by atoms with E-state index >= 15 is 0 Å². The maximum atomic E-state index is 9.88. The molecule has 0 rings (SSSR count). The molecule has 0 aromatic rings. The molecule has 0 spiro atoms. The Labute approximate surface area is 56.3 Å². The van der Waals surface area contributed by atoms with Crippen LogP contribution in [-0.4, -0.2) is 33.4 Å². The van der Waals surface area contributed by atoms with Crippen LogP contribution in [0.15, 0.2) is 0 Å². The van der Waals surface area contributed by atoms with Crippen molar-refractivity contribution in [3.63, 3.8) is 0 Å². The van der Waals surface area contributed by atoms with Gasteiger partial charge in [0.2, 0.25) is 0 Å². The number of carboxylic acids is 1. The molecule has 0 aromatic heterocycles. The first-order valence-electron chi connectivity index (χ1n) is 2.34. The van der Waals surface area contributed by atoms with E-state index in [0.29, 0.717) is 5.28 Å². The highest BCUT2D eigenvalue weighted by Crippen LogP contribution is 1.89. The van der Waals surface area contributed by atoms with E-state index in [2.05, 4.69) is 16.3 Å². The summed E-state index contributed by atoms with van der Waals surface area (Å²) in [5, 5.41) is 8.77. The van der Waals surface area contributed by atoms with Crippen molar-refractivity contribution in [1.29, 1.82) is 0 Å². The van der Waals surface area contributed by atoms with Gasteiger partial charge in [-0.25, -0.2) is 0 Å². The van der Waals surface area contributed by atoms with E-state index in [1.807, 2.05) is 0 Å². The van der Waals surface area contributed by atoms with Crippen LogP contribution in [0.1, 0.15) is 6.42 Å². The van der Waals surface area contributed by atoms with Crippen LogP contribution in [-0.2, 0) is 4.79 Å². The summed E-state index contributed by atoms with van der Waals surface area (Å²) in [6.07, 6.45) is 0.0590. The fourth-order valence-electron chi connectivity index (χ4n) is 0.308. The van der Waals surface area contributed by atoms with Crippen molar-refractivity contribution < 1.29 is 9.90 Å². The minimum atomic E-state index is -0.833. The van der Waals surface area contributed by atoms with Crippen molar-refractivity contribution in [2.45, 2.75) is 17.7 Å². The number of rotatable bonds is 3. The third-order valence-electron chi connectivity index (χ3n) is 0.740. The summed E-state index contributed by atoms with van der Waals surface area (Å²) in [4.78, 5) is 9.88. The van der Waals surface area contributed by atoms with Gasteiger partial charge in [0, 0.05) is 6.04 Å². The first-order valence-corrected chi connectivity index (χ1v) is 3.16. The molecule has 3 N–H and O–H groups in total. The molecule has 1 unspecified atom stereocenters. The first kappa shape index (κ1) is 7.96. The lowest BCUT2D eigenvalue weighted by Gasteiger charge is -2.02. The Hall–Kier alpha value is -0.0375. The molecule has 8 heavy (non-hydrogen) atoms. The topological polar surface area (TPSA) is 63.3 Å². The minimum Gasteiger partial charge on any atom is -0.481 e. The van der Waals surface area contributed by atoms with Gasteiger partial charge in [-0.05, 0) is 0 Å². The van der Waals surface area contributed by atoms with Crippen LogP contribution in [0.4, 0.5) is 0 Å². The molecular weight excluding hydrogens is 121 g/mol. The van der Waals surface area contributed by atoms with Gasteiger partial charge in [-0.3, -0.25) is 4.79 Å². The average molecular weight is 129 g/mol. The van der Waals surface area contributed by atoms with Gasteiger partial charge in [-0.2, -0.15) is 0 Å². The SMILES string of the molecule is NC([CH2][Al])CC(=O)O. The molecule has 1 atom stereocenters.